The van der Waals surface area contributed by atoms with E-state index in [1.54, 1.807) is 0 Å². The molecule has 3 N–H and O–H groups in total. The van der Waals surface area contributed by atoms with Gasteiger partial charge >= 0.3 is 5.97 Å². The van der Waals surface area contributed by atoms with Crippen molar-refractivity contribution in [2.24, 2.45) is 5.41 Å². The van der Waals surface area contributed by atoms with Gasteiger partial charge in [-0.2, -0.15) is 0 Å². The second-order valence-corrected chi connectivity index (χ2v) is 4.59. The van der Waals surface area contributed by atoms with Gasteiger partial charge in [0.2, 0.25) is 0 Å². The summed E-state index contributed by atoms with van der Waals surface area (Å²) in [5.41, 5.74) is -0.176. The number of anilines is 1. The Labute approximate surface area is 99.7 Å². The van der Waals surface area contributed by atoms with Gasteiger partial charge in [0, 0.05) is 13.2 Å². The highest BCUT2D eigenvalue weighted by Crippen LogP contribution is 2.19. The number of aliphatic hydroxyl groups excluding tert-OH is 1. The quantitative estimate of drug-likeness (QED) is 0.685. The average molecular weight is 239 g/mol. The number of carbonyl (C=O) groups is 1. The van der Waals surface area contributed by atoms with Crippen molar-refractivity contribution in [2.75, 3.05) is 18.5 Å². The first-order valence-corrected chi connectivity index (χ1v) is 5.35. The van der Waals surface area contributed by atoms with Crippen molar-refractivity contribution in [3.8, 4) is 0 Å². The molecule has 1 aromatic rings. The number of hydrogen-bond donors (Lipinski definition) is 3. The van der Waals surface area contributed by atoms with Gasteiger partial charge in [0.15, 0.2) is 5.69 Å². The van der Waals surface area contributed by atoms with Gasteiger partial charge in [-0.05, 0) is 11.8 Å². The van der Waals surface area contributed by atoms with Crippen LogP contribution >= 0.6 is 0 Å². The number of carboxylic acids is 1. The summed E-state index contributed by atoms with van der Waals surface area (Å²) >= 11 is 0. The van der Waals surface area contributed by atoms with E-state index in [1.165, 1.54) is 12.4 Å². The van der Waals surface area contributed by atoms with Crippen LogP contribution in [-0.2, 0) is 0 Å². The van der Waals surface area contributed by atoms with E-state index in [0.29, 0.717) is 18.8 Å². The number of nitrogens with one attached hydrogen (secondary N) is 1. The molecule has 0 bridgehead atoms. The predicted octanol–water partition coefficient (Wildman–Crippen LogP) is 0.995. The molecule has 0 aromatic carbocycles. The summed E-state index contributed by atoms with van der Waals surface area (Å²) < 4.78 is 0. The van der Waals surface area contributed by atoms with Crippen LogP contribution in [0.25, 0.3) is 0 Å². The lowest BCUT2D eigenvalue weighted by atomic mass is 9.90. The van der Waals surface area contributed by atoms with Crippen LogP contribution in [0.15, 0.2) is 12.4 Å². The standard InChI is InChI=1S/C11H17N3O3/c1-11(2,3-4-15)7-13-9-6-12-5-8(14-9)10(16)17/h5-6,15H,3-4,7H2,1-2H3,(H,13,14)(H,16,17). The van der Waals surface area contributed by atoms with Gasteiger partial charge in [-0.25, -0.2) is 9.78 Å². The molecule has 1 heterocycles. The van der Waals surface area contributed by atoms with Crippen molar-refractivity contribution >= 4 is 11.8 Å². The van der Waals surface area contributed by atoms with E-state index in [4.69, 9.17) is 10.2 Å². The number of aromatic nitrogens is 2. The molecule has 17 heavy (non-hydrogen) atoms. The van der Waals surface area contributed by atoms with Gasteiger partial charge < -0.3 is 15.5 Å². The van der Waals surface area contributed by atoms with Gasteiger partial charge in [0.25, 0.3) is 0 Å². The van der Waals surface area contributed by atoms with E-state index < -0.39 is 5.97 Å². The molecule has 6 nitrogen and oxygen atoms in total. The fourth-order valence-corrected chi connectivity index (χ4v) is 1.28. The molecule has 0 aliphatic carbocycles. The smallest absolute Gasteiger partial charge is 0.356 e. The van der Waals surface area contributed by atoms with Gasteiger partial charge in [-0.3, -0.25) is 4.98 Å². The SMILES string of the molecule is CC(C)(CCO)CNc1cncc(C(=O)O)n1. The van der Waals surface area contributed by atoms with Crippen molar-refractivity contribution in [1.29, 1.82) is 0 Å². The summed E-state index contributed by atoms with van der Waals surface area (Å²) in [5.74, 6) is -0.674. The number of nitrogens with zero attached hydrogens (tertiary/aromatic N) is 2. The van der Waals surface area contributed by atoms with E-state index in [2.05, 4.69) is 15.3 Å². The highest BCUT2D eigenvalue weighted by atomic mass is 16.4. The second-order valence-electron chi connectivity index (χ2n) is 4.59. The summed E-state index contributed by atoms with van der Waals surface area (Å²) in [6.45, 7) is 4.72. The van der Waals surface area contributed by atoms with Crippen molar-refractivity contribution < 1.29 is 15.0 Å². The van der Waals surface area contributed by atoms with Crippen molar-refractivity contribution in [2.45, 2.75) is 20.3 Å². The number of hydrogen-bond acceptors (Lipinski definition) is 5. The van der Waals surface area contributed by atoms with Crippen LogP contribution in [0, 0.1) is 5.41 Å². The molecule has 0 atom stereocenters. The molecule has 94 valence electrons. The Bertz CT molecular complexity index is 393. The third-order valence-corrected chi connectivity index (χ3v) is 2.39. The summed E-state index contributed by atoms with van der Waals surface area (Å²) in [4.78, 5) is 18.4. The summed E-state index contributed by atoms with van der Waals surface area (Å²) in [6, 6.07) is 0. The molecule has 6 heteroatoms. The Morgan fingerprint density at radius 3 is 2.76 bits per heavy atom. The third kappa shape index (κ3) is 4.36. The maximum Gasteiger partial charge on any atom is 0.356 e. The molecule has 0 aliphatic rings. The topological polar surface area (TPSA) is 95.3 Å². The highest BCUT2D eigenvalue weighted by molar-refractivity contribution is 5.85. The third-order valence-electron chi connectivity index (χ3n) is 2.39. The fourth-order valence-electron chi connectivity index (χ4n) is 1.28. The van der Waals surface area contributed by atoms with Crippen LogP contribution in [0.2, 0.25) is 0 Å². The highest BCUT2D eigenvalue weighted by Gasteiger charge is 2.17. The van der Waals surface area contributed by atoms with E-state index in [0.717, 1.165) is 0 Å². The van der Waals surface area contributed by atoms with Gasteiger partial charge in [0.1, 0.15) is 5.82 Å². The minimum atomic E-state index is -1.10. The number of aliphatic hydroxyl groups is 1. The number of aromatic carboxylic acids is 1. The number of rotatable bonds is 6. The van der Waals surface area contributed by atoms with Crippen molar-refractivity contribution in [1.82, 2.24) is 9.97 Å². The van der Waals surface area contributed by atoms with Crippen LogP contribution in [-0.4, -0.2) is 39.3 Å². The molecule has 0 unspecified atom stereocenters. The number of carboxylic acid groups (broad SMARTS) is 1. The molecule has 0 spiro atoms. The van der Waals surface area contributed by atoms with E-state index in [1.807, 2.05) is 13.8 Å². The van der Waals surface area contributed by atoms with Crippen molar-refractivity contribution in [3.05, 3.63) is 18.1 Å². The average Bonchev–Trinajstić information content (AvgIpc) is 2.27. The van der Waals surface area contributed by atoms with Crippen LogP contribution in [0.5, 0.6) is 0 Å². The monoisotopic (exact) mass is 239 g/mol. The molecule has 0 aliphatic heterocycles. The lowest BCUT2D eigenvalue weighted by molar-refractivity contribution is 0.0690. The largest absolute Gasteiger partial charge is 0.476 e. The normalized spacial score (nSPS) is 11.2. The summed E-state index contributed by atoms with van der Waals surface area (Å²) in [7, 11) is 0. The van der Waals surface area contributed by atoms with E-state index in [-0.39, 0.29) is 17.7 Å². The zero-order chi connectivity index (χ0) is 12.9. The zero-order valence-electron chi connectivity index (χ0n) is 9.97. The summed E-state index contributed by atoms with van der Waals surface area (Å²) in [5, 5.41) is 20.7. The fraction of sp³-hybridized carbons (Fsp3) is 0.545. The molecule has 1 rings (SSSR count). The second kappa shape index (κ2) is 5.58. The lowest BCUT2D eigenvalue weighted by Crippen LogP contribution is -2.24. The summed E-state index contributed by atoms with van der Waals surface area (Å²) in [6.07, 6.45) is 3.33. The van der Waals surface area contributed by atoms with E-state index in [9.17, 15) is 4.79 Å². The Morgan fingerprint density at radius 2 is 2.18 bits per heavy atom. The van der Waals surface area contributed by atoms with E-state index >= 15 is 0 Å². The molecule has 0 amide bonds. The zero-order valence-corrected chi connectivity index (χ0v) is 9.97. The Hall–Kier alpha value is -1.69. The van der Waals surface area contributed by atoms with Crippen LogP contribution in [0.4, 0.5) is 5.82 Å². The molecular weight excluding hydrogens is 222 g/mol. The molecular formula is C11H17N3O3. The minimum Gasteiger partial charge on any atom is -0.476 e. The Morgan fingerprint density at radius 1 is 1.47 bits per heavy atom. The van der Waals surface area contributed by atoms with Crippen LogP contribution < -0.4 is 5.32 Å². The Kier molecular flexibility index (Phi) is 4.39. The van der Waals surface area contributed by atoms with Crippen LogP contribution in [0.3, 0.4) is 0 Å². The minimum absolute atomic E-state index is 0.0876. The first-order valence-electron chi connectivity index (χ1n) is 5.35. The molecule has 0 saturated carbocycles. The molecule has 0 fully saturated rings. The first kappa shape index (κ1) is 13.4. The molecule has 1 aromatic heterocycles. The maximum absolute atomic E-state index is 10.7. The molecule has 0 saturated heterocycles. The maximum atomic E-state index is 10.7. The van der Waals surface area contributed by atoms with Gasteiger partial charge in [-0.1, -0.05) is 13.8 Å². The Balaban J connectivity index is 2.63. The lowest BCUT2D eigenvalue weighted by Gasteiger charge is -2.24. The van der Waals surface area contributed by atoms with Gasteiger partial charge in [0.05, 0.1) is 12.4 Å². The van der Waals surface area contributed by atoms with Crippen molar-refractivity contribution in [3.63, 3.8) is 0 Å². The first-order chi connectivity index (χ1) is 7.94. The van der Waals surface area contributed by atoms with Crippen LogP contribution in [0.1, 0.15) is 30.8 Å². The van der Waals surface area contributed by atoms with Gasteiger partial charge in [-0.15, -0.1) is 0 Å². The predicted molar refractivity (Wildman–Crippen MR) is 63.0 cm³/mol. The molecule has 0 radical (unpaired) electrons.